The molecule has 1 aromatic heterocycles. The van der Waals surface area contributed by atoms with Crippen LogP contribution in [-0.4, -0.2) is 21.9 Å². The number of carbonyl (C=O) groups is 1. The monoisotopic (exact) mass is 371 g/mol. The molecule has 5 heteroatoms. The SMILES string of the molecule is CC[C@@H](NC(=O)c1cc(C(C)(C)C)[nH]c(=O)n1)C12CC3CC(CC(C3)C1)C2. The minimum atomic E-state index is -0.449. The molecule has 27 heavy (non-hydrogen) atoms. The average molecular weight is 372 g/mol. The van der Waals surface area contributed by atoms with E-state index in [1.165, 1.54) is 38.5 Å². The number of hydrogen-bond donors (Lipinski definition) is 2. The van der Waals surface area contributed by atoms with E-state index >= 15 is 0 Å². The van der Waals surface area contributed by atoms with Gasteiger partial charge in [0, 0.05) is 17.2 Å². The fraction of sp³-hybridized carbons (Fsp3) is 0.773. The Morgan fingerprint density at radius 1 is 1.22 bits per heavy atom. The van der Waals surface area contributed by atoms with Gasteiger partial charge in [-0.2, -0.15) is 4.98 Å². The van der Waals surface area contributed by atoms with Crippen LogP contribution in [-0.2, 0) is 5.41 Å². The van der Waals surface area contributed by atoms with E-state index in [4.69, 9.17) is 0 Å². The maximum Gasteiger partial charge on any atom is 0.345 e. The van der Waals surface area contributed by atoms with Crippen molar-refractivity contribution >= 4 is 5.91 Å². The van der Waals surface area contributed by atoms with Crippen molar-refractivity contribution in [2.24, 2.45) is 23.2 Å². The Bertz CT molecular complexity index is 754. The lowest BCUT2D eigenvalue weighted by molar-refractivity contribution is -0.0727. The standard InChI is InChI=1S/C22H33N3O2/c1-5-17(22-10-13-6-14(11-22)8-15(7-13)12-22)24-19(26)16-9-18(21(2,3)4)25-20(27)23-16/h9,13-15,17H,5-8,10-12H2,1-4H3,(H,24,26)(H,23,25,27)/t13?,14?,15?,17-,22?/m1/s1. The molecule has 1 aromatic rings. The highest BCUT2D eigenvalue weighted by atomic mass is 16.2. The van der Waals surface area contributed by atoms with E-state index in [2.05, 4.69) is 22.2 Å². The number of carbonyl (C=O) groups excluding carboxylic acids is 1. The van der Waals surface area contributed by atoms with Crippen LogP contribution in [0.3, 0.4) is 0 Å². The van der Waals surface area contributed by atoms with Crippen molar-refractivity contribution in [3.05, 3.63) is 27.9 Å². The van der Waals surface area contributed by atoms with Gasteiger partial charge in [0.2, 0.25) is 0 Å². The quantitative estimate of drug-likeness (QED) is 0.845. The first-order valence-electron chi connectivity index (χ1n) is 10.6. The van der Waals surface area contributed by atoms with Crippen molar-refractivity contribution in [3.63, 3.8) is 0 Å². The number of rotatable bonds is 4. The zero-order valence-corrected chi connectivity index (χ0v) is 17.1. The fourth-order valence-corrected chi connectivity index (χ4v) is 6.50. The molecule has 5 rings (SSSR count). The van der Waals surface area contributed by atoms with Crippen molar-refractivity contribution in [1.29, 1.82) is 0 Å². The number of amides is 1. The van der Waals surface area contributed by atoms with Crippen molar-refractivity contribution in [1.82, 2.24) is 15.3 Å². The van der Waals surface area contributed by atoms with E-state index in [0.717, 1.165) is 29.9 Å². The predicted molar refractivity (Wildman–Crippen MR) is 106 cm³/mol. The lowest BCUT2D eigenvalue weighted by Crippen LogP contribution is -2.56. The van der Waals surface area contributed by atoms with E-state index in [1.54, 1.807) is 6.07 Å². The summed E-state index contributed by atoms with van der Waals surface area (Å²) in [6.07, 6.45) is 8.90. The molecule has 4 saturated carbocycles. The van der Waals surface area contributed by atoms with Gasteiger partial charge in [-0.3, -0.25) is 4.79 Å². The van der Waals surface area contributed by atoms with Gasteiger partial charge in [0.05, 0.1) is 0 Å². The highest BCUT2D eigenvalue weighted by Crippen LogP contribution is 2.61. The van der Waals surface area contributed by atoms with Crippen LogP contribution in [0, 0.1) is 23.2 Å². The number of H-pyrrole nitrogens is 1. The first-order valence-corrected chi connectivity index (χ1v) is 10.6. The number of aromatic nitrogens is 2. The van der Waals surface area contributed by atoms with Crippen molar-refractivity contribution in [2.75, 3.05) is 0 Å². The van der Waals surface area contributed by atoms with Gasteiger partial charge in [-0.05, 0) is 74.2 Å². The van der Waals surface area contributed by atoms with Gasteiger partial charge in [0.15, 0.2) is 0 Å². The average Bonchev–Trinajstić information content (AvgIpc) is 2.56. The minimum Gasteiger partial charge on any atom is -0.347 e. The Hall–Kier alpha value is -1.65. The van der Waals surface area contributed by atoms with Gasteiger partial charge >= 0.3 is 5.69 Å². The van der Waals surface area contributed by atoms with E-state index in [9.17, 15) is 9.59 Å². The van der Waals surface area contributed by atoms with Crippen molar-refractivity contribution in [2.45, 2.75) is 84.1 Å². The zero-order valence-electron chi connectivity index (χ0n) is 17.1. The van der Waals surface area contributed by atoms with E-state index < -0.39 is 5.69 Å². The third-order valence-electron chi connectivity index (χ3n) is 7.32. The molecule has 4 aliphatic rings. The van der Waals surface area contributed by atoms with Gasteiger partial charge in [0.1, 0.15) is 5.69 Å². The molecule has 1 atom stereocenters. The third-order valence-corrected chi connectivity index (χ3v) is 7.32. The van der Waals surface area contributed by atoms with Crippen LogP contribution < -0.4 is 11.0 Å². The van der Waals surface area contributed by atoms with Crippen LogP contribution in [0.15, 0.2) is 10.9 Å². The van der Waals surface area contributed by atoms with E-state index in [0.29, 0.717) is 0 Å². The molecule has 2 N–H and O–H groups in total. The van der Waals surface area contributed by atoms with Crippen LogP contribution in [0.25, 0.3) is 0 Å². The Balaban J connectivity index is 1.57. The summed E-state index contributed by atoms with van der Waals surface area (Å²) in [6.45, 7) is 8.23. The lowest BCUT2D eigenvalue weighted by Gasteiger charge is -2.59. The molecule has 1 heterocycles. The number of nitrogens with zero attached hydrogens (tertiary/aromatic N) is 1. The van der Waals surface area contributed by atoms with E-state index in [-0.39, 0.29) is 28.5 Å². The van der Waals surface area contributed by atoms with Crippen LogP contribution in [0.1, 0.15) is 88.8 Å². The summed E-state index contributed by atoms with van der Waals surface area (Å²) in [6, 6.07) is 1.92. The number of hydrogen-bond acceptors (Lipinski definition) is 3. The molecule has 0 unspecified atom stereocenters. The normalized spacial score (nSPS) is 33.1. The molecule has 0 aliphatic heterocycles. The molecule has 148 valence electrons. The fourth-order valence-electron chi connectivity index (χ4n) is 6.50. The van der Waals surface area contributed by atoms with E-state index in [1.807, 2.05) is 20.8 Å². The maximum atomic E-state index is 13.0. The Morgan fingerprint density at radius 2 is 1.78 bits per heavy atom. The second-order valence-corrected chi connectivity index (χ2v) is 10.4. The minimum absolute atomic E-state index is 0.178. The third kappa shape index (κ3) is 3.45. The first kappa shape index (κ1) is 18.7. The smallest absolute Gasteiger partial charge is 0.345 e. The van der Waals surface area contributed by atoms with Gasteiger partial charge in [0.25, 0.3) is 5.91 Å². The van der Waals surface area contributed by atoms with Gasteiger partial charge < -0.3 is 10.3 Å². The second kappa shape index (κ2) is 6.46. The van der Waals surface area contributed by atoms with Crippen molar-refractivity contribution < 1.29 is 4.79 Å². The molecule has 0 aromatic carbocycles. The first-order chi connectivity index (χ1) is 12.7. The van der Waals surface area contributed by atoms with Gasteiger partial charge in [-0.15, -0.1) is 0 Å². The molecule has 0 radical (unpaired) electrons. The molecular weight excluding hydrogens is 338 g/mol. The van der Waals surface area contributed by atoms with Crippen LogP contribution in [0.4, 0.5) is 0 Å². The topological polar surface area (TPSA) is 74.8 Å². The molecule has 1 amide bonds. The predicted octanol–water partition coefficient (Wildman–Crippen LogP) is 3.79. The summed E-state index contributed by atoms with van der Waals surface area (Å²) >= 11 is 0. The summed E-state index contributed by atoms with van der Waals surface area (Å²) in [5.41, 5.74) is 0.562. The maximum absolute atomic E-state index is 13.0. The Kier molecular flexibility index (Phi) is 4.47. The largest absolute Gasteiger partial charge is 0.347 e. The Labute approximate surface area is 161 Å². The van der Waals surface area contributed by atoms with Gasteiger partial charge in [-0.1, -0.05) is 27.7 Å². The Morgan fingerprint density at radius 3 is 2.26 bits per heavy atom. The summed E-state index contributed by atoms with van der Waals surface area (Å²) in [5, 5.41) is 3.29. The summed E-state index contributed by atoms with van der Waals surface area (Å²) < 4.78 is 0. The second-order valence-electron chi connectivity index (χ2n) is 10.4. The lowest BCUT2D eigenvalue weighted by atomic mass is 9.47. The van der Waals surface area contributed by atoms with Crippen LogP contribution in [0.2, 0.25) is 0 Å². The zero-order chi connectivity index (χ0) is 19.4. The highest BCUT2D eigenvalue weighted by Gasteiger charge is 2.54. The molecule has 5 nitrogen and oxygen atoms in total. The molecular formula is C22H33N3O2. The summed E-state index contributed by atoms with van der Waals surface area (Å²) in [4.78, 5) is 31.7. The number of nitrogens with one attached hydrogen (secondary N) is 2. The molecule has 4 aliphatic carbocycles. The summed E-state index contributed by atoms with van der Waals surface area (Å²) in [5.74, 6) is 2.36. The van der Waals surface area contributed by atoms with Crippen molar-refractivity contribution in [3.8, 4) is 0 Å². The van der Waals surface area contributed by atoms with Crippen LogP contribution >= 0.6 is 0 Å². The molecule has 0 spiro atoms. The van der Waals surface area contributed by atoms with Crippen LogP contribution in [0.5, 0.6) is 0 Å². The van der Waals surface area contributed by atoms with Gasteiger partial charge in [-0.25, -0.2) is 4.79 Å². The molecule has 0 saturated heterocycles. The number of aromatic amines is 1. The molecule has 4 fully saturated rings. The summed E-state index contributed by atoms with van der Waals surface area (Å²) in [7, 11) is 0. The molecule has 4 bridgehead atoms. The highest BCUT2D eigenvalue weighted by molar-refractivity contribution is 5.92.